The predicted molar refractivity (Wildman–Crippen MR) is 85.5 cm³/mol. The summed E-state index contributed by atoms with van der Waals surface area (Å²) in [6.45, 7) is 7.49. The third-order valence-corrected chi connectivity index (χ3v) is 4.55. The van der Waals surface area contributed by atoms with E-state index in [2.05, 4.69) is 22.9 Å². The number of ether oxygens (including phenoxy) is 2. The first-order valence-corrected chi connectivity index (χ1v) is 8.24. The molecule has 1 aromatic rings. The van der Waals surface area contributed by atoms with Crippen LogP contribution >= 0.6 is 15.9 Å². The van der Waals surface area contributed by atoms with Gasteiger partial charge < -0.3 is 15.2 Å². The van der Waals surface area contributed by atoms with Crippen LogP contribution in [0.5, 0.6) is 11.5 Å². The lowest BCUT2D eigenvalue weighted by Gasteiger charge is -2.22. The highest BCUT2D eigenvalue weighted by Crippen LogP contribution is 2.45. The summed E-state index contributed by atoms with van der Waals surface area (Å²) in [5.74, 6) is 2.27. The van der Waals surface area contributed by atoms with Crippen LogP contribution in [0.4, 0.5) is 0 Å². The lowest BCUT2D eigenvalue weighted by atomic mass is 9.96. The van der Waals surface area contributed by atoms with Crippen LogP contribution in [0.2, 0.25) is 0 Å². The van der Waals surface area contributed by atoms with Crippen molar-refractivity contribution in [3.8, 4) is 11.5 Å². The monoisotopic (exact) mass is 341 g/mol. The third-order valence-electron chi connectivity index (χ3n) is 3.84. The molecule has 2 rings (SSSR count). The van der Waals surface area contributed by atoms with Crippen LogP contribution in [0.15, 0.2) is 10.5 Å². The number of benzene rings is 1. The van der Waals surface area contributed by atoms with Crippen LogP contribution in [-0.4, -0.2) is 13.2 Å². The summed E-state index contributed by atoms with van der Waals surface area (Å²) in [4.78, 5) is 0. The first-order valence-electron chi connectivity index (χ1n) is 7.44. The second-order valence-electron chi connectivity index (χ2n) is 5.43. The van der Waals surface area contributed by atoms with E-state index < -0.39 is 0 Å². The van der Waals surface area contributed by atoms with E-state index in [9.17, 15) is 0 Å². The van der Waals surface area contributed by atoms with Gasteiger partial charge >= 0.3 is 0 Å². The lowest BCUT2D eigenvalue weighted by Crippen LogP contribution is -2.15. The molecule has 0 fully saturated rings. The Bertz CT molecular complexity index is 476. The van der Waals surface area contributed by atoms with Crippen molar-refractivity contribution in [1.29, 1.82) is 0 Å². The first kappa shape index (κ1) is 15.6. The van der Waals surface area contributed by atoms with Crippen molar-refractivity contribution in [3.05, 3.63) is 21.7 Å². The molecular formula is C16H24BrNO2. The number of halogens is 1. The zero-order valence-electron chi connectivity index (χ0n) is 12.5. The Morgan fingerprint density at radius 3 is 2.65 bits per heavy atom. The molecule has 112 valence electrons. The zero-order valence-corrected chi connectivity index (χ0v) is 14.1. The van der Waals surface area contributed by atoms with Crippen molar-refractivity contribution < 1.29 is 9.47 Å². The molecule has 4 heteroatoms. The Balaban J connectivity index is 2.57. The highest BCUT2D eigenvalue weighted by Gasteiger charge is 2.27. The standard InChI is InChI=1S/C16H24BrNO2/c1-4-19-14-9-12(17)11-7-6-10(3)8-13(18)15(11)16(14)20-5-2/h9-10,13H,4-8,18H2,1-3H3. The number of fused-ring (bicyclic) bond motifs is 1. The molecule has 1 aliphatic carbocycles. The molecule has 0 saturated heterocycles. The molecule has 1 aromatic carbocycles. The number of nitrogens with two attached hydrogens (primary N) is 1. The second kappa shape index (κ2) is 6.81. The molecule has 0 saturated carbocycles. The van der Waals surface area contributed by atoms with Gasteiger partial charge in [0, 0.05) is 16.1 Å². The van der Waals surface area contributed by atoms with Crippen molar-refractivity contribution in [2.75, 3.05) is 13.2 Å². The number of hydrogen-bond donors (Lipinski definition) is 1. The van der Waals surface area contributed by atoms with Gasteiger partial charge in [0.05, 0.1) is 13.2 Å². The average molecular weight is 342 g/mol. The van der Waals surface area contributed by atoms with Gasteiger partial charge in [0.15, 0.2) is 11.5 Å². The van der Waals surface area contributed by atoms with Gasteiger partial charge in [-0.2, -0.15) is 0 Å². The Hall–Kier alpha value is -0.740. The topological polar surface area (TPSA) is 44.5 Å². The van der Waals surface area contributed by atoms with Gasteiger partial charge in [0.25, 0.3) is 0 Å². The first-order chi connectivity index (χ1) is 9.58. The quantitative estimate of drug-likeness (QED) is 0.834. The van der Waals surface area contributed by atoms with Crippen LogP contribution in [0.1, 0.15) is 50.8 Å². The highest BCUT2D eigenvalue weighted by atomic mass is 79.9. The molecule has 20 heavy (non-hydrogen) atoms. The van der Waals surface area contributed by atoms with E-state index in [0.29, 0.717) is 19.1 Å². The Morgan fingerprint density at radius 1 is 1.30 bits per heavy atom. The average Bonchev–Trinajstić information content (AvgIpc) is 2.54. The van der Waals surface area contributed by atoms with Crippen LogP contribution in [0, 0.1) is 5.92 Å². The number of rotatable bonds is 4. The lowest BCUT2D eigenvalue weighted by molar-refractivity contribution is 0.282. The molecule has 2 unspecified atom stereocenters. The molecule has 1 aliphatic rings. The maximum absolute atomic E-state index is 6.45. The summed E-state index contributed by atoms with van der Waals surface area (Å²) in [7, 11) is 0. The van der Waals surface area contributed by atoms with Gasteiger partial charge in [-0.1, -0.05) is 22.9 Å². The highest BCUT2D eigenvalue weighted by molar-refractivity contribution is 9.10. The molecular weight excluding hydrogens is 318 g/mol. The fourth-order valence-electron chi connectivity index (χ4n) is 2.93. The van der Waals surface area contributed by atoms with E-state index in [0.717, 1.165) is 34.4 Å². The van der Waals surface area contributed by atoms with E-state index in [1.54, 1.807) is 0 Å². The third kappa shape index (κ3) is 3.12. The minimum absolute atomic E-state index is 0.0146. The molecule has 0 amide bonds. The molecule has 0 radical (unpaired) electrons. The number of hydrogen-bond acceptors (Lipinski definition) is 3. The molecule has 0 heterocycles. The maximum atomic E-state index is 6.45. The van der Waals surface area contributed by atoms with Gasteiger partial charge in [-0.3, -0.25) is 0 Å². The van der Waals surface area contributed by atoms with Crippen LogP contribution < -0.4 is 15.2 Å². The Morgan fingerprint density at radius 2 is 2.00 bits per heavy atom. The normalized spacial score (nSPS) is 22.1. The fourth-order valence-corrected chi connectivity index (χ4v) is 3.55. The molecule has 0 aliphatic heterocycles. The Kier molecular flexibility index (Phi) is 5.33. The summed E-state index contributed by atoms with van der Waals surface area (Å²) in [6, 6.07) is 2.04. The van der Waals surface area contributed by atoms with Crippen molar-refractivity contribution >= 4 is 15.9 Å². The van der Waals surface area contributed by atoms with E-state index in [4.69, 9.17) is 15.2 Å². The smallest absolute Gasteiger partial charge is 0.166 e. The summed E-state index contributed by atoms with van der Waals surface area (Å²) >= 11 is 3.68. The second-order valence-corrected chi connectivity index (χ2v) is 6.28. The molecule has 2 N–H and O–H groups in total. The summed E-state index contributed by atoms with van der Waals surface area (Å²) in [5, 5.41) is 0. The zero-order chi connectivity index (χ0) is 14.7. The molecule has 3 nitrogen and oxygen atoms in total. The largest absolute Gasteiger partial charge is 0.490 e. The van der Waals surface area contributed by atoms with E-state index in [1.807, 2.05) is 19.9 Å². The predicted octanol–water partition coefficient (Wildman–Crippen LogP) is 4.22. The summed E-state index contributed by atoms with van der Waals surface area (Å²) in [6.07, 6.45) is 3.20. The fraction of sp³-hybridized carbons (Fsp3) is 0.625. The van der Waals surface area contributed by atoms with Gasteiger partial charge in [-0.05, 0) is 50.7 Å². The van der Waals surface area contributed by atoms with E-state index >= 15 is 0 Å². The van der Waals surface area contributed by atoms with Crippen molar-refractivity contribution in [1.82, 2.24) is 0 Å². The van der Waals surface area contributed by atoms with Gasteiger partial charge in [0.2, 0.25) is 0 Å². The molecule has 0 bridgehead atoms. The van der Waals surface area contributed by atoms with Gasteiger partial charge in [-0.15, -0.1) is 0 Å². The van der Waals surface area contributed by atoms with E-state index in [1.165, 1.54) is 12.0 Å². The van der Waals surface area contributed by atoms with E-state index in [-0.39, 0.29) is 6.04 Å². The van der Waals surface area contributed by atoms with Crippen LogP contribution in [0.3, 0.4) is 0 Å². The Labute approximate surface area is 130 Å². The summed E-state index contributed by atoms with van der Waals surface area (Å²) in [5.41, 5.74) is 8.86. The van der Waals surface area contributed by atoms with Crippen molar-refractivity contribution in [2.45, 2.75) is 46.1 Å². The van der Waals surface area contributed by atoms with Crippen LogP contribution in [-0.2, 0) is 6.42 Å². The molecule has 0 aromatic heterocycles. The van der Waals surface area contributed by atoms with Crippen LogP contribution in [0.25, 0.3) is 0 Å². The van der Waals surface area contributed by atoms with Crippen molar-refractivity contribution in [3.63, 3.8) is 0 Å². The van der Waals surface area contributed by atoms with Gasteiger partial charge in [-0.25, -0.2) is 0 Å². The summed E-state index contributed by atoms with van der Waals surface area (Å²) < 4.78 is 12.7. The molecule has 2 atom stereocenters. The molecule has 0 spiro atoms. The van der Waals surface area contributed by atoms with Gasteiger partial charge in [0.1, 0.15) is 0 Å². The van der Waals surface area contributed by atoms with Crippen molar-refractivity contribution in [2.24, 2.45) is 11.7 Å². The minimum atomic E-state index is 0.0146. The SMILES string of the molecule is CCOc1cc(Br)c2c(c1OCC)C(N)CC(C)CC2. The maximum Gasteiger partial charge on any atom is 0.166 e. The minimum Gasteiger partial charge on any atom is -0.490 e.